The SMILES string of the molecule is COC(CN/C(=C\[N+](=O)[O-])Cc1ccc(Cl)nc1)OC.N/C(=C\[N+](=O)[O-])Cc1ccc(Cl)nc1. The number of pyridine rings is 2. The number of ether oxygens (including phenoxy) is 2. The van der Waals surface area contributed by atoms with Crippen LogP contribution in [0.15, 0.2) is 60.5 Å². The molecule has 0 saturated heterocycles. The van der Waals surface area contributed by atoms with Crippen LogP contribution in [0.1, 0.15) is 11.1 Å². The fraction of sp³-hybridized carbons (Fsp3) is 0.300. The number of nitrogens with one attached hydrogen (secondary N) is 1. The molecule has 12 nitrogen and oxygen atoms in total. The highest BCUT2D eigenvalue weighted by Crippen LogP contribution is 2.10. The first-order valence-corrected chi connectivity index (χ1v) is 10.3. The van der Waals surface area contributed by atoms with Gasteiger partial charge in [-0.2, -0.15) is 0 Å². The topological polar surface area (TPSA) is 169 Å². The van der Waals surface area contributed by atoms with Crippen molar-refractivity contribution < 1.29 is 19.3 Å². The van der Waals surface area contributed by atoms with E-state index in [0.717, 1.165) is 23.5 Å². The van der Waals surface area contributed by atoms with Crippen molar-refractivity contribution in [3.63, 3.8) is 0 Å². The predicted octanol–water partition coefficient (Wildman–Crippen LogP) is 2.96. The van der Waals surface area contributed by atoms with Gasteiger partial charge < -0.3 is 20.5 Å². The fourth-order valence-electron chi connectivity index (χ4n) is 2.42. The third kappa shape index (κ3) is 12.6. The summed E-state index contributed by atoms with van der Waals surface area (Å²) in [5.41, 5.74) is 7.60. The molecule has 184 valence electrons. The smallest absolute Gasteiger partial charge is 0.253 e. The van der Waals surface area contributed by atoms with Crippen LogP contribution in [-0.4, -0.2) is 46.9 Å². The molecule has 3 N–H and O–H groups in total. The van der Waals surface area contributed by atoms with Crippen LogP contribution in [0.2, 0.25) is 10.3 Å². The Morgan fingerprint density at radius 3 is 1.91 bits per heavy atom. The number of allylic oxidation sites excluding steroid dienone is 2. The maximum absolute atomic E-state index is 10.6. The number of hydrogen-bond donors (Lipinski definition) is 2. The van der Waals surface area contributed by atoms with Gasteiger partial charge in [0.1, 0.15) is 10.3 Å². The minimum absolute atomic E-state index is 0.180. The molecule has 0 radical (unpaired) electrons. The van der Waals surface area contributed by atoms with Crippen LogP contribution in [0.4, 0.5) is 0 Å². The van der Waals surface area contributed by atoms with Crippen molar-refractivity contribution in [1.82, 2.24) is 15.3 Å². The van der Waals surface area contributed by atoms with Crippen molar-refractivity contribution >= 4 is 23.2 Å². The first-order chi connectivity index (χ1) is 16.1. The Labute approximate surface area is 205 Å². The summed E-state index contributed by atoms with van der Waals surface area (Å²) >= 11 is 11.3. The first-order valence-electron chi connectivity index (χ1n) is 9.57. The lowest BCUT2D eigenvalue weighted by molar-refractivity contribution is -0.403. The summed E-state index contributed by atoms with van der Waals surface area (Å²) in [6.45, 7) is 0.299. The minimum Gasteiger partial charge on any atom is -0.397 e. The zero-order valence-corrected chi connectivity index (χ0v) is 19.9. The van der Waals surface area contributed by atoms with E-state index >= 15 is 0 Å². The second-order valence-corrected chi connectivity index (χ2v) is 7.32. The zero-order chi connectivity index (χ0) is 25.5. The third-order valence-corrected chi connectivity index (χ3v) is 4.38. The van der Waals surface area contributed by atoms with Crippen LogP contribution in [0, 0.1) is 20.2 Å². The Balaban J connectivity index is 0.000000362. The summed E-state index contributed by atoms with van der Waals surface area (Å²) in [6.07, 6.45) is 4.95. The van der Waals surface area contributed by atoms with E-state index in [1.54, 1.807) is 30.5 Å². The van der Waals surface area contributed by atoms with E-state index in [-0.39, 0.29) is 5.70 Å². The van der Waals surface area contributed by atoms with Crippen molar-refractivity contribution in [3.8, 4) is 0 Å². The number of nitro groups is 2. The normalized spacial score (nSPS) is 11.6. The van der Waals surface area contributed by atoms with Gasteiger partial charge >= 0.3 is 0 Å². The monoisotopic (exact) mass is 514 g/mol. The molecule has 2 aromatic heterocycles. The van der Waals surface area contributed by atoms with Gasteiger partial charge in [-0.15, -0.1) is 0 Å². The van der Waals surface area contributed by atoms with E-state index < -0.39 is 16.1 Å². The van der Waals surface area contributed by atoms with Crippen LogP contribution in [0.25, 0.3) is 0 Å². The molecule has 0 amide bonds. The molecule has 34 heavy (non-hydrogen) atoms. The van der Waals surface area contributed by atoms with Crippen LogP contribution < -0.4 is 11.1 Å². The van der Waals surface area contributed by atoms with Crippen LogP contribution in [-0.2, 0) is 22.3 Å². The molecule has 0 saturated carbocycles. The van der Waals surface area contributed by atoms with E-state index in [4.69, 9.17) is 38.4 Å². The Kier molecular flexibility index (Phi) is 13.1. The van der Waals surface area contributed by atoms with E-state index in [2.05, 4.69) is 15.3 Å². The second-order valence-electron chi connectivity index (χ2n) is 6.54. The fourth-order valence-corrected chi connectivity index (χ4v) is 2.64. The number of halogens is 2. The summed E-state index contributed by atoms with van der Waals surface area (Å²) in [4.78, 5) is 27.4. The zero-order valence-electron chi connectivity index (χ0n) is 18.4. The number of nitrogens with two attached hydrogens (primary N) is 1. The van der Waals surface area contributed by atoms with Gasteiger partial charge in [0.25, 0.3) is 12.4 Å². The molecule has 2 aromatic rings. The summed E-state index contributed by atoms with van der Waals surface area (Å²) in [7, 11) is 2.99. The Morgan fingerprint density at radius 1 is 1.00 bits per heavy atom. The molecule has 0 atom stereocenters. The maximum atomic E-state index is 10.6. The standard InChI is InChI=1S/C12H16ClN3O4.C8H8ClN3O2/c1-19-12(20-2)7-14-10(8-16(17)18)5-9-3-4-11(13)15-6-9;9-8-2-1-6(4-11-8)3-7(10)5-12(13)14/h3-4,6,8,12,14H,5,7H2,1-2H3;1-2,4-5H,3,10H2/b10-8-;7-5-. The largest absolute Gasteiger partial charge is 0.397 e. The molecule has 0 aromatic carbocycles. The molecule has 0 aliphatic heterocycles. The number of aromatic nitrogens is 2. The Hall–Kier alpha value is -3.32. The van der Waals surface area contributed by atoms with E-state index in [9.17, 15) is 20.2 Å². The average Bonchev–Trinajstić information content (AvgIpc) is 2.77. The summed E-state index contributed by atoms with van der Waals surface area (Å²) in [6, 6.07) is 6.72. The molecule has 2 heterocycles. The number of hydrogen-bond acceptors (Lipinski definition) is 10. The summed E-state index contributed by atoms with van der Waals surface area (Å²) in [5.74, 6) is 0. The van der Waals surface area contributed by atoms with Gasteiger partial charge in [0.2, 0.25) is 0 Å². The van der Waals surface area contributed by atoms with E-state index in [1.165, 1.54) is 20.4 Å². The van der Waals surface area contributed by atoms with Crippen molar-refractivity contribution in [2.45, 2.75) is 19.1 Å². The lowest BCUT2D eigenvalue weighted by Crippen LogP contribution is -2.30. The second kappa shape index (κ2) is 15.5. The molecule has 0 aliphatic carbocycles. The van der Waals surface area contributed by atoms with Gasteiger partial charge in [0.15, 0.2) is 6.29 Å². The summed E-state index contributed by atoms with van der Waals surface area (Å²) < 4.78 is 10.0. The van der Waals surface area contributed by atoms with Gasteiger partial charge in [-0.3, -0.25) is 20.2 Å². The van der Waals surface area contributed by atoms with Crippen LogP contribution >= 0.6 is 23.2 Å². The molecule has 14 heteroatoms. The highest BCUT2D eigenvalue weighted by atomic mass is 35.5. The van der Waals surface area contributed by atoms with Crippen molar-refractivity contribution in [1.29, 1.82) is 0 Å². The molecule has 0 bridgehead atoms. The van der Waals surface area contributed by atoms with Gasteiger partial charge in [-0.25, -0.2) is 9.97 Å². The van der Waals surface area contributed by atoms with E-state index in [0.29, 0.717) is 35.4 Å². The van der Waals surface area contributed by atoms with Gasteiger partial charge in [-0.1, -0.05) is 35.3 Å². The molecular weight excluding hydrogens is 491 g/mol. The molecule has 0 aliphatic rings. The van der Waals surface area contributed by atoms with E-state index in [1.807, 2.05) is 0 Å². The predicted molar refractivity (Wildman–Crippen MR) is 126 cm³/mol. The molecular formula is C20H24Cl2N6O6. The van der Waals surface area contributed by atoms with Gasteiger partial charge in [0.05, 0.1) is 27.8 Å². The minimum atomic E-state index is -0.585. The van der Waals surface area contributed by atoms with Crippen molar-refractivity contribution in [3.05, 3.63) is 102 Å². The Bertz CT molecular complexity index is 982. The third-order valence-electron chi connectivity index (χ3n) is 3.93. The first kappa shape index (κ1) is 28.7. The maximum Gasteiger partial charge on any atom is 0.253 e. The number of rotatable bonds is 11. The molecule has 2 rings (SSSR count). The molecule has 0 spiro atoms. The average molecular weight is 515 g/mol. The quantitative estimate of drug-likeness (QED) is 0.196. The summed E-state index contributed by atoms with van der Waals surface area (Å²) in [5, 5.41) is 24.4. The van der Waals surface area contributed by atoms with Crippen molar-refractivity contribution in [2.24, 2.45) is 5.73 Å². The number of nitrogens with zero attached hydrogens (tertiary/aromatic N) is 4. The lowest BCUT2D eigenvalue weighted by atomic mass is 10.1. The highest BCUT2D eigenvalue weighted by molar-refractivity contribution is 6.29. The van der Waals surface area contributed by atoms with Crippen LogP contribution in [0.3, 0.4) is 0 Å². The van der Waals surface area contributed by atoms with Crippen molar-refractivity contribution in [2.75, 3.05) is 20.8 Å². The highest BCUT2D eigenvalue weighted by Gasteiger charge is 2.09. The number of methoxy groups -OCH3 is 2. The van der Waals surface area contributed by atoms with Crippen LogP contribution in [0.5, 0.6) is 0 Å². The van der Waals surface area contributed by atoms with Gasteiger partial charge in [0, 0.05) is 39.5 Å². The molecule has 0 unspecified atom stereocenters. The molecule has 0 fully saturated rings. The van der Waals surface area contributed by atoms with Gasteiger partial charge in [-0.05, 0) is 23.3 Å². The Morgan fingerprint density at radius 2 is 1.50 bits per heavy atom. The lowest BCUT2D eigenvalue weighted by Gasteiger charge is -2.15.